The van der Waals surface area contributed by atoms with E-state index in [1.807, 2.05) is 0 Å². The number of methoxy groups -OCH3 is 2. The zero-order valence-corrected chi connectivity index (χ0v) is 13.3. The van der Waals surface area contributed by atoms with Crippen LogP contribution in [0.3, 0.4) is 0 Å². The molecule has 1 N–H and O–H groups in total. The molecule has 122 valence electrons. The molecule has 0 spiro atoms. The first-order chi connectivity index (χ1) is 11.1. The fraction of sp³-hybridized carbons (Fsp3) is 0.286. The molecule has 0 aliphatic rings. The Morgan fingerprint density at radius 2 is 1.70 bits per heavy atom. The fourth-order valence-corrected chi connectivity index (χ4v) is 1.67. The molecule has 1 aromatic carbocycles. The summed E-state index contributed by atoms with van der Waals surface area (Å²) in [5.74, 6) is 0.542. The quantitative estimate of drug-likeness (QED) is 0.811. The Bertz CT molecular complexity index is 644. The second-order valence-electron chi connectivity index (χ2n) is 4.24. The number of halogens is 1. The van der Waals surface area contributed by atoms with Gasteiger partial charge in [0, 0.05) is 5.02 Å². The number of benzene rings is 1. The van der Waals surface area contributed by atoms with Crippen molar-refractivity contribution in [3.8, 4) is 17.8 Å². The summed E-state index contributed by atoms with van der Waals surface area (Å²) in [4.78, 5) is 23.6. The van der Waals surface area contributed by atoms with Crippen LogP contribution >= 0.6 is 11.6 Å². The summed E-state index contributed by atoms with van der Waals surface area (Å²) in [7, 11) is 2.86. The first kappa shape index (κ1) is 16.8. The highest BCUT2D eigenvalue weighted by atomic mass is 35.5. The molecule has 0 bridgehead atoms. The summed E-state index contributed by atoms with van der Waals surface area (Å²) in [6.45, 7) is -0.0426. The van der Waals surface area contributed by atoms with E-state index in [0.29, 0.717) is 16.6 Å². The van der Waals surface area contributed by atoms with Gasteiger partial charge in [-0.05, 0) is 24.3 Å². The maximum absolute atomic E-state index is 11.8. The maximum atomic E-state index is 11.8. The molecule has 8 nitrogen and oxygen atoms in total. The van der Waals surface area contributed by atoms with Crippen LogP contribution in [0.5, 0.6) is 17.8 Å². The predicted octanol–water partition coefficient (Wildman–Crippen LogP) is 1.24. The summed E-state index contributed by atoms with van der Waals surface area (Å²) >= 11 is 5.77. The highest BCUT2D eigenvalue weighted by Crippen LogP contribution is 2.15. The van der Waals surface area contributed by atoms with Crippen LogP contribution in [-0.4, -0.2) is 41.7 Å². The summed E-state index contributed by atoms with van der Waals surface area (Å²) in [6.07, 6.45) is 0. The van der Waals surface area contributed by atoms with E-state index in [0.717, 1.165) is 0 Å². The van der Waals surface area contributed by atoms with Crippen molar-refractivity contribution in [3.05, 3.63) is 35.1 Å². The lowest BCUT2D eigenvalue weighted by molar-refractivity contribution is -0.123. The van der Waals surface area contributed by atoms with Crippen LogP contribution in [0.15, 0.2) is 24.3 Å². The van der Waals surface area contributed by atoms with Gasteiger partial charge in [-0.1, -0.05) is 11.6 Å². The van der Waals surface area contributed by atoms with Gasteiger partial charge in [0.25, 0.3) is 5.91 Å². The molecule has 23 heavy (non-hydrogen) atoms. The van der Waals surface area contributed by atoms with Crippen LogP contribution in [0.4, 0.5) is 0 Å². The van der Waals surface area contributed by atoms with Gasteiger partial charge in [0.1, 0.15) is 5.75 Å². The summed E-state index contributed by atoms with van der Waals surface area (Å²) in [6, 6.07) is 6.93. The van der Waals surface area contributed by atoms with E-state index in [1.54, 1.807) is 24.3 Å². The van der Waals surface area contributed by atoms with Crippen molar-refractivity contribution < 1.29 is 19.0 Å². The summed E-state index contributed by atoms with van der Waals surface area (Å²) in [5, 5.41) is 3.23. The van der Waals surface area contributed by atoms with Crippen molar-refractivity contribution in [1.29, 1.82) is 0 Å². The monoisotopic (exact) mass is 338 g/mol. The number of amides is 1. The van der Waals surface area contributed by atoms with Gasteiger partial charge in [0.15, 0.2) is 12.4 Å². The van der Waals surface area contributed by atoms with Crippen LogP contribution in [0.1, 0.15) is 5.82 Å². The number of nitrogens with one attached hydrogen (secondary N) is 1. The van der Waals surface area contributed by atoms with Crippen molar-refractivity contribution in [2.75, 3.05) is 20.8 Å². The van der Waals surface area contributed by atoms with Crippen LogP contribution < -0.4 is 19.5 Å². The molecule has 1 aromatic heterocycles. The Balaban J connectivity index is 1.85. The van der Waals surface area contributed by atoms with Gasteiger partial charge < -0.3 is 19.5 Å². The SMILES string of the molecule is COc1nc(CNC(=O)COc2ccc(Cl)cc2)nc(OC)n1. The molecule has 2 rings (SSSR count). The van der Waals surface area contributed by atoms with Gasteiger partial charge >= 0.3 is 12.0 Å². The molecule has 1 heterocycles. The second kappa shape index (κ2) is 8.14. The molecule has 0 unspecified atom stereocenters. The Morgan fingerprint density at radius 1 is 1.09 bits per heavy atom. The van der Waals surface area contributed by atoms with Crippen LogP contribution in [0.2, 0.25) is 5.02 Å². The topological polar surface area (TPSA) is 95.5 Å². The van der Waals surface area contributed by atoms with E-state index in [2.05, 4.69) is 20.3 Å². The highest BCUT2D eigenvalue weighted by molar-refractivity contribution is 6.30. The Kier molecular flexibility index (Phi) is 5.93. The number of hydrogen-bond acceptors (Lipinski definition) is 7. The summed E-state index contributed by atoms with van der Waals surface area (Å²) < 4.78 is 15.2. The van der Waals surface area contributed by atoms with Crippen LogP contribution in [0.25, 0.3) is 0 Å². The van der Waals surface area contributed by atoms with Gasteiger partial charge in [-0.2, -0.15) is 9.97 Å². The first-order valence-electron chi connectivity index (χ1n) is 6.58. The number of carbonyl (C=O) groups is 1. The van der Waals surface area contributed by atoms with Gasteiger partial charge in [-0.3, -0.25) is 4.79 Å². The molecule has 0 saturated carbocycles. The smallest absolute Gasteiger partial charge is 0.322 e. The third kappa shape index (κ3) is 5.26. The average Bonchev–Trinajstić information content (AvgIpc) is 2.59. The van der Waals surface area contributed by atoms with Gasteiger partial charge in [0.05, 0.1) is 20.8 Å². The van der Waals surface area contributed by atoms with Crippen molar-refractivity contribution in [3.63, 3.8) is 0 Å². The molecule has 0 aliphatic heterocycles. The third-order valence-corrected chi connectivity index (χ3v) is 2.89. The minimum Gasteiger partial charge on any atom is -0.484 e. The molecule has 0 aliphatic carbocycles. The lowest BCUT2D eigenvalue weighted by Crippen LogP contribution is -2.29. The van der Waals surface area contributed by atoms with Crippen molar-refractivity contribution in [1.82, 2.24) is 20.3 Å². The maximum Gasteiger partial charge on any atom is 0.322 e. The standard InChI is InChI=1S/C14H15ClN4O4/c1-21-13-17-11(18-14(19-13)22-2)7-16-12(20)8-23-10-5-3-9(15)4-6-10/h3-6H,7-8H2,1-2H3,(H,16,20). The molecular weight excluding hydrogens is 324 g/mol. The van der Waals surface area contributed by atoms with Crippen LogP contribution in [-0.2, 0) is 11.3 Å². The number of carbonyl (C=O) groups excluding carboxylic acids is 1. The highest BCUT2D eigenvalue weighted by Gasteiger charge is 2.09. The van der Waals surface area contributed by atoms with Crippen molar-refractivity contribution >= 4 is 17.5 Å². The molecular formula is C14H15ClN4O4. The van der Waals surface area contributed by atoms with Gasteiger partial charge in [0.2, 0.25) is 0 Å². The van der Waals surface area contributed by atoms with Gasteiger partial charge in [-0.15, -0.1) is 4.98 Å². The molecule has 9 heteroatoms. The van der Waals surface area contributed by atoms with E-state index in [-0.39, 0.29) is 31.1 Å². The molecule has 2 aromatic rings. The fourth-order valence-electron chi connectivity index (χ4n) is 1.55. The van der Waals surface area contributed by atoms with E-state index < -0.39 is 0 Å². The predicted molar refractivity (Wildman–Crippen MR) is 81.7 cm³/mol. The largest absolute Gasteiger partial charge is 0.484 e. The second-order valence-corrected chi connectivity index (χ2v) is 4.68. The van der Waals surface area contributed by atoms with Crippen molar-refractivity contribution in [2.45, 2.75) is 6.54 Å². The zero-order chi connectivity index (χ0) is 16.7. The van der Waals surface area contributed by atoms with E-state index in [9.17, 15) is 4.79 Å². The van der Waals surface area contributed by atoms with Gasteiger partial charge in [-0.25, -0.2) is 0 Å². The lowest BCUT2D eigenvalue weighted by Gasteiger charge is -2.08. The number of hydrogen-bond donors (Lipinski definition) is 1. The van der Waals surface area contributed by atoms with Crippen molar-refractivity contribution in [2.24, 2.45) is 0 Å². The van der Waals surface area contributed by atoms with E-state index >= 15 is 0 Å². The zero-order valence-electron chi connectivity index (χ0n) is 12.6. The number of rotatable bonds is 7. The third-order valence-electron chi connectivity index (χ3n) is 2.63. The number of nitrogens with zero attached hydrogens (tertiary/aromatic N) is 3. The Morgan fingerprint density at radius 3 is 2.26 bits per heavy atom. The van der Waals surface area contributed by atoms with E-state index in [4.69, 9.17) is 25.8 Å². The normalized spacial score (nSPS) is 10.0. The average molecular weight is 339 g/mol. The molecule has 0 saturated heterocycles. The minimum atomic E-state index is -0.321. The minimum absolute atomic E-state index is 0.0953. The molecule has 0 atom stereocenters. The number of aromatic nitrogens is 3. The Labute approximate surface area is 137 Å². The molecule has 1 amide bonds. The lowest BCUT2D eigenvalue weighted by atomic mass is 10.3. The van der Waals surface area contributed by atoms with E-state index in [1.165, 1.54) is 14.2 Å². The molecule has 0 fully saturated rings. The molecule has 0 radical (unpaired) electrons. The summed E-state index contributed by atoms with van der Waals surface area (Å²) in [5.41, 5.74) is 0. The van der Waals surface area contributed by atoms with Crippen LogP contribution in [0, 0.1) is 0 Å². The number of ether oxygens (including phenoxy) is 3. The first-order valence-corrected chi connectivity index (χ1v) is 6.96. The Hall–Kier alpha value is -2.61.